The van der Waals surface area contributed by atoms with Crippen molar-refractivity contribution in [2.45, 2.75) is 12.6 Å². The van der Waals surface area contributed by atoms with Crippen LogP contribution in [0.1, 0.15) is 22.1 Å². The van der Waals surface area contributed by atoms with Gasteiger partial charge in [0.15, 0.2) is 0 Å². The second kappa shape index (κ2) is 6.29. The minimum atomic E-state index is 0.0574. The van der Waals surface area contributed by atoms with Gasteiger partial charge >= 0.3 is 0 Å². The average molecular weight is 335 g/mol. The van der Waals surface area contributed by atoms with Crippen LogP contribution in [0.15, 0.2) is 49.1 Å². The van der Waals surface area contributed by atoms with Crippen molar-refractivity contribution < 1.29 is 4.79 Å². The Bertz CT molecular complexity index is 917. The lowest BCUT2D eigenvalue weighted by Gasteiger charge is -2.35. The number of benzene rings is 1. The Hall–Kier alpha value is -2.73. The van der Waals surface area contributed by atoms with E-state index in [9.17, 15) is 4.79 Å². The summed E-state index contributed by atoms with van der Waals surface area (Å²) in [6.45, 7) is 2.15. The number of carbonyl (C=O) groups is 1. The number of hydrogen-bond donors (Lipinski definition) is 0. The number of carbonyl (C=O) groups excluding carboxylic acids is 1. The van der Waals surface area contributed by atoms with Crippen LogP contribution in [0.3, 0.4) is 0 Å². The van der Waals surface area contributed by atoms with Gasteiger partial charge in [0, 0.05) is 36.4 Å². The molecule has 6 heteroatoms. The first kappa shape index (κ1) is 15.8. The zero-order valence-electron chi connectivity index (χ0n) is 14.5. The molecule has 0 aliphatic carbocycles. The Balaban J connectivity index is 1.63. The van der Waals surface area contributed by atoms with E-state index in [0.29, 0.717) is 18.7 Å². The van der Waals surface area contributed by atoms with Crippen LogP contribution < -0.4 is 0 Å². The fourth-order valence-corrected chi connectivity index (χ4v) is 3.50. The topological polar surface area (TPSA) is 54.3 Å². The summed E-state index contributed by atoms with van der Waals surface area (Å²) >= 11 is 0. The van der Waals surface area contributed by atoms with Crippen molar-refractivity contribution in [2.75, 3.05) is 27.2 Å². The highest BCUT2D eigenvalue weighted by Gasteiger charge is 2.28. The van der Waals surface area contributed by atoms with Gasteiger partial charge in [-0.1, -0.05) is 6.07 Å². The van der Waals surface area contributed by atoms with Crippen LogP contribution in [-0.2, 0) is 6.54 Å². The van der Waals surface area contributed by atoms with E-state index in [1.807, 2.05) is 61.9 Å². The Kier molecular flexibility index (Phi) is 3.97. The summed E-state index contributed by atoms with van der Waals surface area (Å²) < 4.78 is 2.19. The van der Waals surface area contributed by atoms with Crippen LogP contribution >= 0.6 is 0 Å². The zero-order valence-corrected chi connectivity index (χ0v) is 14.5. The molecule has 1 aliphatic rings. The first-order chi connectivity index (χ1) is 12.1. The van der Waals surface area contributed by atoms with Gasteiger partial charge in [0.05, 0.1) is 30.1 Å². The van der Waals surface area contributed by atoms with Gasteiger partial charge in [0.2, 0.25) is 0 Å². The van der Waals surface area contributed by atoms with Crippen molar-refractivity contribution >= 4 is 16.8 Å². The van der Waals surface area contributed by atoms with E-state index in [0.717, 1.165) is 23.1 Å². The van der Waals surface area contributed by atoms with Gasteiger partial charge in [-0.25, -0.2) is 4.98 Å². The summed E-state index contributed by atoms with van der Waals surface area (Å²) in [7, 11) is 4.10. The fraction of sp³-hybridized carbons (Fsp3) is 0.316. The predicted molar refractivity (Wildman–Crippen MR) is 96.3 cm³/mol. The molecule has 2 aromatic heterocycles. The minimum Gasteiger partial charge on any atom is -0.331 e. The molecular weight excluding hydrogens is 314 g/mol. The van der Waals surface area contributed by atoms with Gasteiger partial charge in [-0.05, 0) is 38.4 Å². The molecule has 0 saturated carbocycles. The summed E-state index contributed by atoms with van der Waals surface area (Å²) in [5, 5.41) is 0.986. The van der Waals surface area contributed by atoms with E-state index >= 15 is 0 Å². The number of fused-ring (bicyclic) bond motifs is 2. The molecule has 3 aromatic rings. The van der Waals surface area contributed by atoms with E-state index in [1.54, 1.807) is 6.20 Å². The molecule has 1 atom stereocenters. The van der Waals surface area contributed by atoms with Crippen molar-refractivity contribution in [1.29, 1.82) is 0 Å². The van der Waals surface area contributed by atoms with Gasteiger partial charge in [0.1, 0.15) is 0 Å². The Labute approximate surface area is 146 Å². The van der Waals surface area contributed by atoms with Gasteiger partial charge in [0.25, 0.3) is 5.91 Å². The van der Waals surface area contributed by atoms with E-state index in [4.69, 9.17) is 0 Å². The van der Waals surface area contributed by atoms with E-state index < -0.39 is 0 Å². The number of rotatable bonds is 3. The number of nitrogens with zero attached hydrogens (tertiary/aromatic N) is 5. The summed E-state index contributed by atoms with van der Waals surface area (Å²) in [6.07, 6.45) is 5.49. The van der Waals surface area contributed by atoms with Crippen LogP contribution in [0.4, 0.5) is 0 Å². The van der Waals surface area contributed by atoms with Gasteiger partial charge in [-0.15, -0.1) is 0 Å². The van der Waals surface area contributed by atoms with Crippen LogP contribution in [0, 0.1) is 0 Å². The number of amides is 1. The Morgan fingerprint density at radius 1 is 1.32 bits per heavy atom. The maximum Gasteiger partial charge on any atom is 0.254 e. The fourth-order valence-electron chi connectivity index (χ4n) is 3.50. The lowest BCUT2D eigenvalue weighted by Crippen LogP contribution is -2.43. The third kappa shape index (κ3) is 3.00. The molecule has 3 heterocycles. The van der Waals surface area contributed by atoms with E-state index in [2.05, 4.69) is 19.4 Å². The highest BCUT2D eigenvalue weighted by atomic mass is 16.2. The maximum atomic E-state index is 13.1. The lowest BCUT2D eigenvalue weighted by molar-refractivity contribution is 0.0664. The SMILES string of the molecule is CN(C)C[C@H]1CN(C(=O)c2ccc3ncccc3c2)Cc2cncn21. The maximum absolute atomic E-state index is 13.1. The largest absolute Gasteiger partial charge is 0.331 e. The molecule has 0 spiro atoms. The molecule has 6 nitrogen and oxygen atoms in total. The smallest absolute Gasteiger partial charge is 0.254 e. The molecule has 0 radical (unpaired) electrons. The number of imidazole rings is 1. The molecule has 0 fully saturated rings. The van der Waals surface area contributed by atoms with Crippen LogP contribution in [0.25, 0.3) is 10.9 Å². The third-order valence-electron chi connectivity index (χ3n) is 4.64. The first-order valence-corrected chi connectivity index (χ1v) is 8.41. The van der Waals surface area contributed by atoms with Gasteiger partial charge in [-0.2, -0.15) is 0 Å². The third-order valence-corrected chi connectivity index (χ3v) is 4.64. The van der Waals surface area contributed by atoms with E-state index in [1.165, 1.54) is 0 Å². The van der Waals surface area contributed by atoms with Crippen LogP contribution in [0.5, 0.6) is 0 Å². The molecule has 0 N–H and O–H groups in total. The van der Waals surface area contributed by atoms with Crippen LogP contribution in [-0.4, -0.2) is 57.4 Å². The second-order valence-corrected chi connectivity index (χ2v) is 6.80. The molecule has 0 saturated heterocycles. The molecular formula is C19H21N5O. The van der Waals surface area contributed by atoms with E-state index in [-0.39, 0.29) is 11.9 Å². The normalized spacial score (nSPS) is 17.1. The standard InChI is InChI=1S/C19H21N5O/c1-22(2)10-17-12-23(11-16-9-20-13-24(16)17)19(25)15-5-6-18-14(8-15)4-3-7-21-18/h3-9,13,17H,10-12H2,1-2H3/t17-/m0/s1. The van der Waals surface area contributed by atoms with Crippen molar-refractivity contribution in [3.05, 3.63) is 60.3 Å². The number of hydrogen-bond acceptors (Lipinski definition) is 4. The predicted octanol–water partition coefficient (Wildman–Crippen LogP) is 2.19. The summed E-state index contributed by atoms with van der Waals surface area (Å²) in [6, 6.07) is 9.80. The van der Waals surface area contributed by atoms with Crippen molar-refractivity contribution in [3.8, 4) is 0 Å². The molecule has 128 valence electrons. The zero-order chi connectivity index (χ0) is 17.4. The highest BCUT2D eigenvalue weighted by molar-refractivity contribution is 5.98. The molecule has 1 aliphatic heterocycles. The molecule has 4 rings (SSSR count). The average Bonchev–Trinajstić information content (AvgIpc) is 3.09. The monoisotopic (exact) mass is 335 g/mol. The van der Waals surface area contributed by atoms with Crippen molar-refractivity contribution in [1.82, 2.24) is 24.3 Å². The number of aromatic nitrogens is 3. The summed E-state index contributed by atoms with van der Waals surface area (Å²) in [4.78, 5) is 25.7. The highest BCUT2D eigenvalue weighted by Crippen LogP contribution is 2.24. The molecule has 1 amide bonds. The second-order valence-electron chi connectivity index (χ2n) is 6.80. The molecule has 25 heavy (non-hydrogen) atoms. The van der Waals surface area contributed by atoms with Gasteiger partial charge in [-0.3, -0.25) is 9.78 Å². The Morgan fingerprint density at radius 3 is 3.04 bits per heavy atom. The number of likely N-dealkylation sites (N-methyl/N-ethyl adjacent to an activating group) is 1. The lowest BCUT2D eigenvalue weighted by atomic mass is 10.1. The Morgan fingerprint density at radius 2 is 2.20 bits per heavy atom. The van der Waals surface area contributed by atoms with Crippen LogP contribution in [0.2, 0.25) is 0 Å². The number of pyridine rings is 1. The minimum absolute atomic E-state index is 0.0574. The summed E-state index contributed by atoms with van der Waals surface area (Å²) in [5.41, 5.74) is 2.69. The molecule has 0 unspecified atom stereocenters. The quantitative estimate of drug-likeness (QED) is 0.736. The van der Waals surface area contributed by atoms with Crippen molar-refractivity contribution in [3.63, 3.8) is 0 Å². The van der Waals surface area contributed by atoms with Gasteiger partial charge < -0.3 is 14.4 Å². The molecule has 1 aromatic carbocycles. The summed E-state index contributed by atoms with van der Waals surface area (Å²) in [5.74, 6) is 0.0574. The first-order valence-electron chi connectivity index (χ1n) is 8.41. The molecule has 0 bridgehead atoms. The van der Waals surface area contributed by atoms with Crippen molar-refractivity contribution in [2.24, 2.45) is 0 Å².